The summed E-state index contributed by atoms with van der Waals surface area (Å²) < 4.78 is 7.08. The Morgan fingerprint density at radius 3 is 2.47 bits per heavy atom. The smallest absolute Gasteiger partial charge is 0.297 e. The average molecular weight is 447 g/mol. The molecule has 1 N–H and O–H groups in total. The summed E-state index contributed by atoms with van der Waals surface area (Å²) in [5.74, 6) is 0.316. The Hall–Kier alpha value is -3.40. The standard InChI is InChI=1S/C23H22N6O2S/c30-22(26-23-24-18(16-32-23)15-28-11-13-31-14-12-28)20-25-21(17-7-3-1-4-8-17)29(27-20)19-9-5-2-6-10-19/h1-10,16H,11-15H2,(H,24,26,30). The van der Waals surface area contributed by atoms with E-state index in [2.05, 4.69) is 25.3 Å². The normalized spacial score (nSPS) is 14.4. The lowest BCUT2D eigenvalue weighted by Gasteiger charge is -2.25. The molecule has 0 unspecified atom stereocenters. The molecule has 0 bridgehead atoms. The van der Waals surface area contributed by atoms with Crippen LogP contribution in [0.1, 0.15) is 16.3 Å². The molecule has 5 rings (SSSR count). The summed E-state index contributed by atoms with van der Waals surface area (Å²) in [6, 6.07) is 19.4. The summed E-state index contributed by atoms with van der Waals surface area (Å²) in [5.41, 5.74) is 2.64. The van der Waals surface area contributed by atoms with Crippen LogP contribution in [0.5, 0.6) is 0 Å². The number of hydrogen-bond donors (Lipinski definition) is 1. The van der Waals surface area contributed by atoms with Crippen LogP contribution in [0.3, 0.4) is 0 Å². The Morgan fingerprint density at radius 2 is 1.72 bits per heavy atom. The number of carbonyl (C=O) groups excluding carboxylic acids is 1. The molecule has 1 amide bonds. The van der Waals surface area contributed by atoms with Gasteiger partial charge in [-0.2, -0.15) is 0 Å². The van der Waals surface area contributed by atoms with Crippen molar-refractivity contribution < 1.29 is 9.53 Å². The van der Waals surface area contributed by atoms with Gasteiger partial charge in [-0.05, 0) is 12.1 Å². The molecule has 3 heterocycles. The monoisotopic (exact) mass is 446 g/mol. The number of nitrogens with one attached hydrogen (secondary N) is 1. The Labute approximate surface area is 189 Å². The number of nitrogens with zero attached hydrogens (tertiary/aromatic N) is 5. The molecule has 1 fully saturated rings. The van der Waals surface area contributed by atoms with Crippen LogP contribution < -0.4 is 5.32 Å². The summed E-state index contributed by atoms with van der Waals surface area (Å²) in [5, 5.41) is 9.85. The van der Waals surface area contributed by atoms with Crippen LogP contribution in [-0.4, -0.2) is 56.9 Å². The van der Waals surface area contributed by atoms with Crippen molar-refractivity contribution in [3.8, 4) is 17.1 Å². The molecule has 0 aliphatic carbocycles. The third-order valence-electron chi connectivity index (χ3n) is 5.10. The maximum atomic E-state index is 12.9. The van der Waals surface area contributed by atoms with Gasteiger partial charge in [-0.25, -0.2) is 14.6 Å². The van der Waals surface area contributed by atoms with Crippen molar-refractivity contribution >= 4 is 22.4 Å². The molecule has 8 nitrogen and oxygen atoms in total. The summed E-state index contributed by atoms with van der Waals surface area (Å²) in [4.78, 5) is 24.3. The van der Waals surface area contributed by atoms with Gasteiger partial charge in [-0.3, -0.25) is 15.0 Å². The van der Waals surface area contributed by atoms with Gasteiger partial charge < -0.3 is 4.74 Å². The third kappa shape index (κ3) is 4.59. The van der Waals surface area contributed by atoms with Gasteiger partial charge in [0.15, 0.2) is 11.0 Å². The topological polar surface area (TPSA) is 85.2 Å². The van der Waals surface area contributed by atoms with Crippen LogP contribution in [-0.2, 0) is 11.3 Å². The molecular weight excluding hydrogens is 424 g/mol. The Balaban J connectivity index is 1.37. The number of thiazole rings is 1. The molecule has 2 aromatic carbocycles. The molecule has 4 aromatic rings. The largest absolute Gasteiger partial charge is 0.379 e. The van der Waals surface area contributed by atoms with Crippen LogP contribution in [0.25, 0.3) is 17.1 Å². The van der Waals surface area contributed by atoms with E-state index in [0.717, 1.165) is 49.8 Å². The zero-order valence-corrected chi connectivity index (χ0v) is 18.2. The van der Waals surface area contributed by atoms with Crippen LogP contribution in [0.2, 0.25) is 0 Å². The first-order chi connectivity index (χ1) is 15.8. The maximum Gasteiger partial charge on any atom is 0.297 e. The third-order valence-corrected chi connectivity index (χ3v) is 5.91. The quantitative estimate of drug-likeness (QED) is 0.488. The zero-order valence-electron chi connectivity index (χ0n) is 17.3. The van der Waals surface area contributed by atoms with Crippen molar-refractivity contribution in [2.75, 3.05) is 31.6 Å². The van der Waals surface area contributed by atoms with Crippen molar-refractivity contribution in [2.45, 2.75) is 6.54 Å². The zero-order chi connectivity index (χ0) is 21.8. The van der Waals surface area contributed by atoms with Gasteiger partial charge in [0.25, 0.3) is 5.91 Å². The number of aromatic nitrogens is 4. The van der Waals surface area contributed by atoms with E-state index in [1.807, 2.05) is 66.0 Å². The SMILES string of the molecule is O=C(Nc1nc(CN2CCOCC2)cs1)c1nc(-c2ccccc2)n(-c2ccccc2)n1. The second-order valence-electron chi connectivity index (χ2n) is 7.36. The highest BCUT2D eigenvalue weighted by Gasteiger charge is 2.20. The van der Waals surface area contributed by atoms with Crippen LogP contribution in [0, 0.1) is 0 Å². The van der Waals surface area contributed by atoms with E-state index in [-0.39, 0.29) is 11.7 Å². The molecular formula is C23H22N6O2S. The summed E-state index contributed by atoms with van der Waals surface area (Å²) in [7, 11) is 0. The molecule has 1 aliphatic rings. The van der Waals surface area contributed by atoms with E-state index in [1.165, 1.54) is 11.3 Å². The van der Waals surface area contributed by atoms with Gasteiger partial charge in [0, 0.05) is 30.6 Å². The lowest BCUT2D eigenvalue weighted by atomic mass is 10.2. The predicted molar refractivity (Wildman–Crippen MR) is 123 cm³/mol. The number of anilines is 1. The lowest BCUT2D eigenvalue weighted by molar-refractivity contribution is 0.0337. The number of hydrogen-bond acceptors (Lipinski definition) is 7. The minimum atomic E-state index is -0.385. The first-order valence-corrected chi connectivity index (χ1v) is 11.3. The molecule has 0 radical (unpaired) electrons. The van der Waals surface area contributed by atoms with E-state index in [0.29, 0.717) is 11.0 Å². The number of carbonyl (C=O) groups is 1. The molecule has 9 heteroatoms. The number of rotatable bonds is 6. The Kier molecular flexibility index (Phi) is 6.02. The summed E-state index contributed by atoms with van der Waals surface area (Å²) in [6.07, 6.45) is 0. The van der Waals surface area contributed by atoms with Gasteiger partial charge in [0.05, 0.1) is 24.6 Å². The van der Waals surface area contributed by atoms with Crippen LogP contribution >= 0.6 is 11.3 Å². The fourth-order valence-electron chi connectivity index (χ4n) is 3.51. The highest BCUT2D eigenvalue weighted by atomic mass is 32.1. The number of ether oxygens (including phenoxy) is 1. The number of para-hydroxylation sites is 1. The Morgan fingerprint density at radius 1 is 1.00 bits per heavy atom. The highest BCUT2D eigenvalue weighted by Crippen LogP contribution is 2.22. The molecule has 162 valence electrons. The maximum absolute atomic E-state index is 12.9. The van der Waals surface area contributed by atoms with Crippen LogP contribution in [0.4, 0.5) is 5.13 Å². The van der Waals surface area contributed by atoms with Crippen molar-refractivity contribution in [2.24, 2.45) is 0 Å². The first-order valence-electron chi connectivity index (χ1n) is 10.4. The molecule has 0 saturated carbocycles. The summed E-state index contributed by atoms with van der Waals surface area (Å²) >= 11 is 1.40. The molecule has 1 aliphatic heterocycles. The van der Waals surface area contributed by atoms with Gasteiger partial charge in [-0.1, -0.05) is 48.5 Å². The minimum Gasteiger partial charge on any atom is -0.379 e. The van der Waals surface area contributed by atoms with Crippen LogP contribution in [0.15, 0.2) is 66.0 Å². The van der Waals surface area contributed by atoms with Gasteiger partial charge >= 0.3 is 0 Å². The van der Waals surface area contributed by atoms with E-state index < -0.39 is 0 Å². The Bertz CT molecular complexity index is 1130. The van der Waals surface area contributed by atoms with E-state index >= 15 is 0 Å². The lowest BCUT2D eigenvalue weighted by Crippen LogP contribution is -2.35. The van der Waals surface area contributed by atoms with Gasteiger partial charge in [0.1, 0.15) is 0 Å². The van der Waals surface area contributed by atoms with Crippen molar-refractivity contribution in [3.05, 3.63) is 77.6 Å². The van der Waals surface area contributed by atoms with Gasteiger partial charge in [0.2, 0.25) is 5.82 Å². The molecule has 2 aromatic heterocycles. The van der Waals surface area contributed by atoms with Crippen molar-refractivity contribution in [3.63, 3.8) is 0 Å². The first kappa shape index (κ1) is 20.5. The van der Waals surface area contributed by atoms with Crippen molar-refractivity contribution in [1.82, 2.24) is 24.6 Å². The minimum absolute atomic E-state index is 0.0950. The molecule has 1 saturated heterocycles. The van der Waals surface area contributed by atoms with E-state index in [9.17, 15) is 4.79 Å². The second-order valence-corrected chi connectivity index (χ2v) is 8.22. The van der Waals surface area contributed by atoms with E-state index in [4.69, 9.17) is 4.74 Å². The predicted octanol–water partition coefficient (Wildman–Crippen LogP) is 3.48. The molecule has 0 atom stereocenters. The fourth-order valence-corrected chi connectivity index (χ4v) is 4.21. The second kappa shape index (κ2) is 9.39. The molecule has 32 heavy (non-hydrogen) atoms. The molecule has 0 spiro atoms. The number of amides is 1. The number of benzene rings is 2. The fraction of sp³-hybridized carbons (Fsp3) is 0.217. The highest BCUT2D eigenvalue weighted by molar-refractivity contribution is 7.13. The summed E-state index contributed by atoms with van der Waals surface area (Å²) in [6.45, 7) is 4.01. The number of morpholine rings is 1. The average Bonchev–Trinajstić information content (AvgIpc) is 3.48. The van der Waals surface area contributed by atoms with E-state index in [1.54, 1.807) is 4.68 Å². The van der Waals surface area contributed by atoms with Gasteiger partial charge in [-0.15, -0.1) is 16.4 Å². The van der Waals surface area contributed by atoms with Crippen molar-refractivity contribution in [1.29, 1.82) is 0 Å².